The van der Waals surface area contributed by atoms with Gasteiger partial charge in [-0.15, -0.1) is 0 Å². The van der Waals surface area contributed by atoms with Gasteiger partial charge in [0.15, 0.2) is 0 Å². The number of rotatable bonds is 0. The van der Waals surface area contributed by atoms with Gasteiger partial charge in [0.05, 0.1) is 0 Å². The fourth-order valence-corrected chi connectivity index (χ4v) is 0. The Bertz CT molecular complexity index is 14.4. The van der Waals surface area contributed by atoms with E-state index in [0.29, 0.717) is 0 Å². The zero-order valence-corrected chi connectivity index (χ0v) is 14.5. The van der Waals surface area contributed by atoms with E-state index in [-0.39, 0.29) is 131 Å². The van der Waals surface area contributed by atoms with E-state index in [0.717, 1.165) is 0 Å². The molecule has 0 aliphatic rings. The van der Waals surface area contributed by atoms with Gasteiger partial charge in [0.1, 0.15) is 0 Å². The molecular formula is Au2O7Sn2. The molecular weight excluding hydrogens is 743 g/mol. The van der Waals surface area contributed by atoms with Gasteiger partial charge >= 0.3 is 92.6 Å². The normalized spacial score (nSPS) is 0. The summed E-state index contributed by atoms with van der Waals surface area (Å²) in [5.74, 6) is 0. The Morgan fingerprint density at radius 2 is 0.273 bits per heavy atom. The van der Waals surface area contributed by atoms with Crippen molar-refractivity contribution >= 4 is 47.8 Å². The van der Waals surface area contributed by atoms with Crippen LogP contribution in [0.4, 0.5) is 0 Å². The molecule has 11 heavy (non-hydrogen) atoms. The van der Waals surface area contributed by atoms with Crippen LogP contribution in [0, 0.1) is 0 Å². The maximum Gasteiger partial charge on any atom is 4.00 e. The molecule has 0 saturated heterocycles. The first-order valence-electron chi connectivity index (χ1n) is 0. The van der Waals surface area contributed by atoms with Gasteiger partial charge in [0, 0.05) is 0 Å². The third-order valence-electron chi connectivity index (χ3n) is 0. The van der Waals surface area contributed by atoms with Crippen LogP contribution in [-0.4, -0.2) is 47.8 Å². The summed E-state index contributed by atoms with van der Waals surface area (Å²) in [7, 11) is 0. The van der Waals surface area contributed by atoms with Crippen molar-refractivity contribution in [1.82, 2.24) is 0 Å². The first-order chi connectivity index (χ1) is 0. The topological polar surface area (TPSA) is 200 Å². The van der Waals surface area contributed by atoms with Crippen LogP contribution in [0.5, 0.6) is 0 Å². The summed E-state index contributed by atoms with van der Waals surface area (Å²) in [5.41, 5.74) is 0. The van der Waals surface area contributed by atoms with Crippen LogP contribution in [0.15, 0.2) is 0 Å². The average molecular weight is 743 g/mol. The van der Waals surface area contributed by atoms with Crippen LogP contribution < -0.4 is 0 Å². The first kappa shape index (κ1) is 289. The molecule has 0 N–H and O–H groups in total. The summed E-state index contributed by atoms with van der Waals surface area (Å²) in [5, 5.41) is 0. The fraction of sp³-hybridized carbons (Fsp3) is 0. The molecule has 7 nitrogen and oxygen atoms in total. The van der Waals surface area contributed by atoms with Crippen molar-refractivity contribution in [3.63, 3.8) is 0 Å². The van der Waals surface area contributed by atoms with Crippen molar-refractivity contribution in [2.24, 2.45) is 0 Å². The van der Waals surface area contributed by atoms with Crippen molar-refractivity contribution in [2.75, 3.05) is 0 Å². The first-order valence-corrected chi connectivity index (χ1v) is 0. The van der Waals surface area contributed by atoms with E-state index in [4.69, 9.17) is 0 Å². The molecule has 0 rings (SSSR count). The Kier molecular flexibility index (Phi) is 5970. The molecule has 11 heteroatoms. The number of hydrogen-bond donors (Lipinski definition) is 0. The maximum absolute atomic E-state index is 0. The molecule has 0 spiro atoms. The summed E-state index contributed by atoms with van der Waals surface area (Å²) in [6, 6.07) is 0. The second-order valence-electron chi connectivity index (χ2n) is 0. The van der Waals surface area contributed by atoms with Crippen LogP contribution >= 0.6 is 0 Å². The summed E-state index contributed by atoms with van der Waals surface area (Å²) in [4.78, 5) is 0. The van der Waals surface area contributed by atoms with Gasteiger partial charge < -0.3 is 38.3 Å². The van der Waals surface area contributed by atoms with Gasteiger partial charge in [-0.25, -0.2) is 0 Å². The standard InChI is InChI=1S/2Au.7O.2Sn/q2*+3;7*-2;2*+4. The molecule has 0 atom stereocenters. The molecule has 0 saturated carbocycles. The maximum atomic E-state index is 0. The Morgan fingerprint density at radius 1 is 0.273 bits per heavy atom. The van der Waals surface area contributed by atoms with E-state index in [1.807, 2.05) is 0 Å². The van der Waals surface area contributed by atoms with E-state index in [1.165, 1.54) is 0 Å². The third-order valence-corrected chi connectivity index (χ3v) is 0. The largest absolute Gasteiger partial charge is 4.00 e. The molecule has 0 unspecified atom stereocenters. The minimum atomic E-state index is 0. The smallest absolute Gasteiger partial charge is 2.00 e. The predicted molar refractivity (Wildman–Crippen MR) is 16.3 cm³/mol. The van der Waals surface area contributed by atoms with Gasteiger partial charge in [-0.1, -0.05) is 0 Å². The monoisotopic (exact) mass is 746 g/mol. The Morgan fingerprint density at radius 3 is 0.273 bits per heavy atom. The van der Waals surface area contributed by atoms with Gasteiger partial charge in [-0.3, -0.25) is 0 Å². The molecule has 0 amide bonds. The zero-order chi connectivity index (χ0) is 0. The van der Waals surface area contributed by atoms with Crippen LogP contribution in [0.25, 0.3) is 0 Å². The SMILES string of the molecule is [Au+3].[Au+3].[O-2].[O-2].[O-2].[O-2].[O-2].[O-2].[O-2].[Sn+4].[Sn+4]. The predicted octanol–water partition coefficient (Wildman–Crippen LogP) is -1.60. The summed E-state index contributed by atoms with van der Waals surface area (Å²) in [6.45, 7) is 0. The minimum absolute atomic E-state index is 0. The summed E-state index contributed by atoms with van der Waals surface area (Å²) in [6.07, 6.45) is 0. The molecule has 0 aromatic carbocycles. The molecule has 0 radical (unpaired) electrons. The molecule has 0 fully saturated rings. The van der Waals surface area contributed by atoms with Crippen molar-refractivity contribution in [1.29, 1.82) is 0 Å². The second kappa shape index (κ2) is 228. The second-order valence-corrected chi connectivity index (χ2v) is 0. The molecule has 0 aromatic heterocycles. The van der Waals surface area contributed by atoms with Crippen LogP contribution in [0.3, 0.4) is 0 Å². The van der Waals surface area contributed by atoms with Crippen LogP contribution in [0.2, 0.25) is 0 Å². The summed E-state index contributed by atoms with van der Waals surface area (Å²) >= 11 is 0. The van der Waals surface area contributed by atoms with E-state index >= 15 is 0 Å². The Hall–Kier alpha value is 2.80. The molecule has 0 heterocycles. The molecule has 72 valence electrons. The molecule has 0 aliphatic carbocycles. The zero-order valence-electron chi connectivity index (χ0n) is 4.46. The third kappa shape index (κ3) is 191. The van der Waals surface area contributed by atoms with Gasteiger partial charge in [0.2, 0.25) is 0 Å². The van der Waals surface area contributed by atoms with E-state index in [1.54, 1.807) is 0 Å². The summed E-state index contributed by atoms with van der Waals surface area (Å²) < 4.78 is 0. The van der Waals surface area contributed by atoms with Crippen molar-refractivity contribution in [2.45, 2.75) is 0 Å². The van der Waals surface area contributed by atoms with E-state index in [9.17, 15) is 0 Å². The van der Waals surface area contributed by atoms with E-state index < -0.39 is 0 Å². The molecule has 0 aromatic rings. The van der Waals surface area contributed by atoms with Crippen molar-refractivity contribution in [3.05, 3.63) is 0 Å². The van der Waals surface area contributed by atoms with Gasteiger partial charge in [-0.05, 0) is 0 Å². The quantitative estimate of drug-likeness (QED) is 0.258. The molecule has 0 bridgehead atoms. The van der Waals surface area contributed by atoms with Gasteiger partial charge in [-0.2, -0.15) is 0 Å². The Labute approximate surface area is 129 Å². The van der Waals surface area contributed by atoms with Crippen LogP contribution in [-0.2, 0) is 83.1 Å². The average Bonchev–Trinajstić information content (AvgIpc) is 0. The van der Waals surface area contributed by atoms with Crippen LogP contribution in [0.1, 0.15) is 0 Å². The number of hydrogen-bond acceptors (Lipinski definition) is 0. The van der Waals surface area contributed by atoms with Crippen molar-refractivity contribution in [3.8, 4) is 0 Å². The minimum Gasteiger partial charge on any atom is -2.00 e. The molecule has 0 aliphatic heterocycles. The van der Waals surface area contributed by atoms with E-state index in [2.05, 4.69) is 0 Å². The van der Waals surface area contributed by atoms with Crippen molar-refractivity contribution < 1.29 is 83.1 Å². The fourth-order valence-electron chi connectivity index (χ4n) is 0. The van der Waals surface area contributed by atoms with Gasteiger partial charge in [0.25, 0.3) is 0 Å². The Balaban J connectivity index is 0.